The van der Waals surface area contributed by atoms with Gasteiger partial charge in [-0.15, -0.1) is 0 Å². The molecule has 0 amide bonds. The zero-order chi connectivity index (χ0) is 15.2. The van der Waals surface area contributed by atoms with E-state index in [0.29, 0.717) is 0 Å². The van der Waals surface area contributed by atoms with Gasteiger partial charge in [-0.25, -0.2) is 0 Å². The van der Waals surface area contributed by atoms with Gasteiger partial charge in [-0.1, -0.05) is 17.7 Å². The molecule has 0 spiro atoms. The molecule has 110 valence electrons. The molecule has 0 aliphatic carbocycles. The standard InChI is InChI=1S/C7H8O3S.C5H13NO2/c1-6-2-4-7(5-3-6)11(8,9)10;1-4(7)5(8)6(2)3/h2-5H,1H3,(H,8,9,10);4-5,7-8H,1-3H3. The van der Waals surface area contributed by atoms with E-state index in [2.05, 4.69) is 0 Å². The second-order valence-electron chi connectivity index (χ2n) is 4.41. The third-order valence-corrected chi connectivity index (χ3v) is 3.15. The molecule has 0 fully saturated rings. The van der Waals surface area contributed by atoms with Gasteiger partial charge in [-0.3, -0.25) is 9.45 Å². The summed E-state index contributed by atoms with van der Waals surface area (Å²) in [4.78, 5) is 1.48. The van der Waals surface area contributed by atoms with Gasteiger partial charge < -0.3 is 10.2 Å². The maximum Gasteiger partial charge on any atom is 0.294 e. The van der Waals surface area contributed by atoms with Gasteiger partial charge in [-0.05, 0) is 40.1 Å². The highest BCUT2D eigenvalue weighted by molar-refractivity contribution is 7.85. The monoisotopic (exact) mass is 291 g/mol. The van der Waals surface area contributed by atoms with Gasteiger partial charge in [0.2, 0.25) is 0 Å². The molecule has 19 heavy (non-hydrogen) atoms. The number of hydrogen-bond acceptors (Lipinski definition) is 5. The van der Waals surface area contributed by atoms with Crippen LogP contribution in [-0.2, 0) is 10.1 Å². The van der Waals surface area contributed by atoms with Crippen molar-refractivity contribution in [1.29, 1.82) is 0 Å². The van der Waals surface area contributed by atoms with Crippen molar-refractivity contribution in [2.75, 3.05) is 14.1 Å². The van der Waals surface area contributed by atoms with E-state index >= 15 is 0 Å². The molecule has 0 saturated heterocycles. The average Bonchev–Trinajstić information content (AvgIpc) is 2.27. The van der Waals surface area contributed by atoms with Crippen LogP contribution in [0, 0.1) is 6.92 Å². The minimum Gasteiger partial charge on any atom is -0.389 e. The number of nitrogens with zero attached hydrogens (tertiary/aromatic N) is 1. The number of aryl methyl sites for hydroxylation is 1. The van der Waals surface area contributed by atoms with Crippen molar-refractivity contribution >= 4 is 10.1 Å². The summed E-state index contributed by atoms with van der Waals surface area (Å²) in [5.74, 6) is 0. The number of hydrogen-bond donors (Lipinski definition) is 3. The fourth-order valence-electron chi connectivity index (χ4n) is 1.14. The van der Waals surface area contributed by atoms with Gasteiger partial charge in [0.1, 0.15) is 6.23 Å². The summed E-state index contributed by atoms with van der Waals surface area (Å²) in [5.41, 5.74) is 0.956. The van der Waals surface area contributed by atoms with Gasteiger partial charge in [0.05, 0.1) is 11.0 Å². The van der Waals surface area contributed by atoms with Crippen LogP contribution in [0.25, 0.3) is 0 Å². The lowest BCUT2D eigenvalue weighted by molar-refractivity contribution is -0.0529. The highest BCUT2D eigenvalue weighted by Gasteiger charge is 2.11. The van der Waals surface area contributed by atoms with E-state index in [1.165, 1.54) is 12.1 Å². The summed E-state index contributed by atoms with van der Waals surface area (Å²) >= 11 is 0. The molecule has 0 heterocycles. The Morgan fingerprint density at radius 1 is 1.11 bits per heavy atom. The third-order valence-electron chi connectivity index (χ3n) is 2.28. The molecule has 1 aromatic rings. The first kappa shape index (κ1) is 18.0. The first-order valence-corrected chi connectivity index (χ1v) is 7.06. The fourth-order valence-corrected chi connectivity index (χ4v) is 1.62. The fraction of sp³-hybridized carbons (Fsp3) is 0.500. The van der Waals surface area contributed by atoms with E-state index in [1.54, 1.807) is 38.1 Å². The van der Waals surface area contributed by atoms with E-state index < -0.39 is 22.4 Å². The Bertz CT molecular complexity index is 459. The summed E-state index contributed by atoms with van der Waals surface area (Å²) in [6.45, 7) is 3.39. The van der Waals surface area contributed by atoms with Crippen molar-refractivity contribution in [2.24, 2.45) is 0 Å². The Labute approximate surface area is 114 Å². The predicted octanol–water partition coefficient (Wildman–Crippen LogP) is 0.489. The van der Waals surface area contributed by atoms with E-state index in [4.69, 9.17) is 14.8 Å². The van der Waals surface area contributed by atoms with Crippen LogP contribution in [-0.4, -0.2) is 54.5 Å². The Morgan fingerprint density at radius 3 is 1.74 bits per heavy atom. The number of aliphatic hydroxyl groups is 2. The van der Waals surface area contributed by atoms with Crippen LogP contribution in [0.5, 0.6) is 0 Å². The topological polar surface area (TPSA) is 98.1 Å². The van der Waals surface area contributed by atoms with Crippen LogP contribution < -0.4 is 0 Å². The maximum atomic E-state index is 10.5. The van der Waals surface area contributed by atoms with Crippen LogP contribution in [0.1, 0.15) is 12.5 Å². The zero-order valence-electron chi connectivity index (χ0n) is 11.5. The Balaban J connectivity index is 0.000000362. The Kier molecular flexibility index (Phi) is 7.17. The predicted molar refractivity (Wildman–Crippen MR) is 72.4 cm³/mol. The van der Waals surface area contributed by atoms with Crippen molar-refractivity contribution in [3.05, 3.63) is 29.8 Å². The van der Waals surface area contributed by atoms with Crippen molar-refractivity contribution in [3.8, 4) is 0 Å². The van der Waals surface area contributed by atoms with Gasteiger partial charge in [0, 0.05) is 0 Å². The summed E-state index contributed by atoms with van der Waals surface area (Å²) in [5, 5.41) is 17.6. The largest absolute Gasteiger partial charge is 0.389 e. The van der Waals surface area contributed by atoms with E-state index in [0.717, 1.165) is 5.56 Å². The molecule has 3 N–H and O–H groups in total. The molecule has 7 heteroatoms. The molecule has 0 aliphatic heterocycles. The van der Waals surface area contributed by atoms with Gasteiger partial charge in [0.25, 0.3) is 10.1 Å². The lowest BCUT2D eigenvalue weighted by Gasteiger charge is -2.20. The van der Waals surface area contributed by atoms with Crippen molar-refractivity contribution in [2.45, 2.75) is 31.1 Å². The smallest absolute Gasteiger partial charge is 0.294 e. The second-order valence-corrected chi connectivity index (χ2v) is 5.83. The molecule has 2 unspecified atom stereocenters. The molecule has 0 saturated carbocycles. The Hall–Kier alpha value is -0.990. The summed E-state index contributed by atoms with van der Waals surface area (Å²) < 4.78 is 29.6. The molecular weight excluding hydrogens is 270 g/mol. The number of likely N-dealkylation sites (N-methyl/N-ethyl adjacent to an activating group) is 1. The molecule has 0 radical (unpaired) electrons. The summed E-state index contributed by atoms with van der Waals surface area (Å²) in [7, 11) is -0.608. The molecule has 1 rings (SSSR count). The van der Waals surface area contributed by atoms with Gasteiger partial charge in [-0.2, -0.15) is 8.42 Å². The van der Waals surface area contributed by atoms with Crippen LogP contribution in [0.3, 0.4) is 0 Å². The van der Waals surface area contributed by atoms with Gasteiger partial charge >= 0.3 is 0 Å². The molecule has 0 aromatic heterocycles. The second kappa shape index (κ2) is 7.56. The quantitative estimate of drug-likeness (QED) is 0.554. The van der Waals surface area contributed by atoms with E-state index in [-0.39, 0.29) is 4.90 Å². The average molecular weight is 291 g/mol. The molecule has 6 nitrogen and oxygen atoms in total. The number of benzene rings is 1. The van der Waals surface area contributed by atoms with Crippen molar-refractivity contribution in [1.82, 2.24) is 4.90 Å². The van der Waals surface area contributed by atoms with Crippen LogP contribution in [0.4, 0.5) is 0 Å². The first-order valence-electron chi connectivity index (χ1n) is 5.62. The molecule has 2 atom stereocenters. The highest BCUT2D eigenvalue weighted by atomic mass is 32.2. The van der Waals surface area contributed by atoms with Crippen LogP contribution in [0.2, 0.25) is 0 Å². The first-order chi connectivity index (χ1) is 8.55. The lowest BCUT2D eigenvalue weighted by Crippen LogP contribution is -2.36. The van der Waals surface area contributed by atoms with Crippen LogP contribution in [0.15, 0.2) is 29.2 Å². The SMILES string of the molecule is CC(O)C(O)N(C)C.Cc1ccc(S(=O)(=O)O)cc1. The molecule has 0 bridgehead atoms. The maximum absolute atomic E-state index is 10.5. The summed E-state index contributed by atoms with van der Waals surface area (Å²) in [6, 6.07) is 5.99. The third kappa shape index (κ3) is 7.24. The normalized spacial score (nSPS) is 14.5. The Morgan fingerprint density at radius 2 is 1.53 bits per heavy atom. The molecular formula is C12H21NO5S. The van der Waals surface area contributed by atoms with E-state index in [9.17, 15) is 8.42 Å². The van der Waals surface area contributed by atoms with Crippen LogP contribution >= 0.6 is 0 Å². The van der Waals surface area contributed by atoms with Gasteiger partial charge in [0.15, 0.2) is 0 Å². The summed E-state index contributed by atoms with van der Waals surface area (Å²) in [6.07, 6.45) is -1.42. The minimum absolute atomic E-state index is 0.0666. The van der Waals surface area contributed by atoms with E-state index in [1.807, 2.05) is 6.92 Å². The lowest BCUT2D eigenvalue weighted by atomic mass is 10.2. The number of rotatable bonds is 3. The minimum atomic E-state index is -4.02. The zero-order valence-corrected chi connectivity index (χ0v) is 12.3. The van der Waals surface area contributed by atoms with Crippen molar-refractivity contribution < 1.29 is 23.2 Å². The van der Waals surface area contributed by atoms with Crippen molar-refractivity contribution in [3.63, 3.8) is 0 Å². The highest BCUT2D eigenvalue weighted by Crippen LogP contribution is 2.08. The molecule has 1 aromatic carbocycles. The number of aliphatic hydroxyl groups excluding tert-OH is 2. The molecule has 0 aliphatic rings.